The van der Waals surface area contributed by atoms with Crippen molar-refractivity contribution in [1.29, 1.82) is 0 Å². The molecule has 1 aliphatic rings. The minimum atomic E-state index is -1.13. The summed E-state index contributed by atoms with van der Waals surface area (Å²) in [6, 6.07) is 7.87. The molecule has 0 radical (unpaired) electrons. The second-order valence-corrected chi connectivity index (χ2v) is 5.10. The van der Waals surface area contributed by atoms with E-state index in [2.05, 4.69) is 4.90 Å². The topological polar surface area (TPSA) is 75.8 Å². The SMILES string of the molecule is COc1ccccc1C(C)N1CCC(N)(C(=O)O)C1. The molecule has 0 saturated carbocycles. The maximum atomic E-state index is 11.2. The molecule has 3 N–H and O–H groups in total. The Morgan fingerprint density at radius 1 is 1.53 bits per heavy atom. The predicted molar refractivity (Wildman–Crippen MR) is 72.2 cm³/mol. The lowest BCUT2D eigenvalue weighted by Gasteiger charge is -2.27. The zero-order valence-electron chi connectivity index (χ0n) is 11.3. The van der Waals surface area contributed by atoms with E-state index in [-0.39, 0.29) is 6.04 Å². The van der Waals surface area contributed by atoms with Crippen LogP contribution in [-0.2, 0) is 4.79 Å². The number of aliphatic carboxylic acids is 1. The number of carboxylic acids is 1. The third kappa shape index (κ3) is 2.57. The first kappa shape index (κ1) is 13.8. The lowest BCUT2D eigenvalue weighted by Crippen LogP contribution is -2.50. The molecule has 19 heavy (non-hydrogen) atoms. The van der Waals surface area contributed by atoms with E-state index in [0.29, 0.717) is 19.5 Å². The molecule has 1 fully saturated rings. The Hall–Kier alpha value is -1.59. The second-order valence-electron chi connectivity index (χ2n) is 5.10. The summed E-state index contributed by atoms with van der Waals surface area (Å²) in [4.78, 5) is 13.3. The molecule has 1 saturated heterocycles. The zero-order chi connectivity index (χ0) is 14.0. The highest BCUT2D eigenvalue weighted by Crippen LogP contribution is 2.33. The molecule has 0 aliphatic carbocycles. The van der Waals surface area contributed by atoms with Gasteiger partial charge in [0.25, 0.3) is 0 Å². The molecule has 1 heterocycles. The van der Waals surface area contributed by atoms with Gasteiger partial charge in [-0.3, -0.25) is 9.69 Å². The van der Waals surface area contributed by atoms with Crippen LogP contribution in [0.4, 0.5) is 0 Å². The van der Waals surface area contributed by atoms with E-state index < -0.39 is 11.5 Å². The van der Waals surface area contributed by atoms with Gasteiger partial charge in [-0.05, 0) is 19.4 Å². The van der Waals surface area contributed by atoms with Crippen LogP contribution in [-0.4, -0.2) is 41.7 Å². The Balaban J connectivity index is 2.18. The smallest absolute Gasteiger partial charge is 0.325 e. The highest BCUT2D eigenvalue weighted by atomic mass is 16.5. The molecular formula is C14H20N2O3. The van der Waals surface area contributed by atoms with Crippen LogP contribution in [0.3, 0.4) is 0 Å². The molecule has 0 spiro atoms. The number of carbonyl (C=O) groups is 1. The molecule has 0 aromatic heterocycles. The van der Waals surface area contributed by atoms with Crippen molar-refractivity contribution in [1.82, 2.24) is 4.90 Å². The van der Waals surface area contributed by atoms with E-state index in [4.69, 9.17) is 15.6 Å². The first-order valence-electron chi connectivity index (χ1n) is 6.37. The number of hydrogen-bond acceptors (Lipinski definition) is 4. The van der Waals surface area contributed by atoms with Gasteiger partial charge in [-0.15, -0.1) is 0 Å². The van der Waals surface area contributed by atoms with Crippen molar-refractivity contribution < 1.29 is 14.6 Å². The Morgan fingerprint density at radius 2 is 2.21 bits per heavy atom. The fourth-order valence-electron chi connectivity index (χ4n) is 2.58. The van der Waals surface area contributed by atoms with Gasteiger partial charge >= 0.3 is 5.97 Å². The average Bonchev–Trinajstić information content (AvgIpc) is 2.82. The quantitative estimate of drug-likeness (QED) is 0.856. The lowest BCUT2D eigenvalue weighted by atomic mass is 10.0. The molecule has 5 heteroatoms. The molecule has 5 nitrogen and oxygen atoms in total. The molecule has 0 amide bonds. The molecular weight excluding hydrogens is 244 g/mol. The van der Waals surface area contributed by atoms with Gasteiger partial charge in [0.15, 0.2) is 0 Å². The van der Waals surface area contributed by atoms with Crippen molar-refractivity contribution in [3.05, 3.63) is 29.8 Å². The maximum absolute atomic E-state index is 11.2. The molecule has 1 aromatic rings. The van der Waals surface area contributed by atoms with Crippen LogP contribution in [0.2, 0.25) is 0 Å². The van der Waals surface area contributed by atoms with E-state index in [1.54, 1.807) is 7.11 Å². The summed E-state index contributed by atoms with van der Waals surface area (Å²) >= 11 is 0. The highest BCUT2D eigenvalue weighted by molar-refractivity contribution is 5.79. The summed E-state index contributed by atoms with van der Waals surface area (Å²) < 4.78 is 5.35. The van der Waals surface area contributed by atoms with Crippen molar-refractivity contribution in [2.75, 3.05) is 20.2 Å². The second kappa shape index (κ2) is 5.19. The first-order chi connectivity index (χ1) is 8.98. The van der Waals surface area contributed by atoms with Crippen LogP contribution in [0, 0.1) is 0 Å². The van der Waals surface area contributed by atoms with Gasteiger partial charge in [0.2, 0.25) is 0 Å². The minimum absolute atomic E-state index is 0.0842. The van der Waals surface area contributed by atoms with Crippen molar-refractivity contribution in [2.45, 2.75) is 24.9 Å². The normalized spacial score (nSPS) is 25.2. The van der Waals surface area contributed by atoms with Crippen molar-refractivity contribution in [2.24, 2.45) is 5.73 Å². The van der Waals surface area contributed by atoms with Gasteiger partial charge in [0.1, 0.15) is 11.3 Å². The number of likely N-dealkylation sites (tertiary alicyclic amines) is 1. The van der Waals surface area contributed by atoms with Gasteiger partial charge < -0.3 is 15.6 Å². The number of nitrogens with two attached hydrogens (primary N) is 1. The first-order valence-corrected chi connectivity index (χ1v) is 6.37. The summed E-state index contributed by atoms with van der Waals surface area (Å²) in [5, 5.41) is 9.17. The van der Waals surface area contributed by atoms with Crippen molar-refractivity contribution in [3.8, 4) is 5.75 Å². The standard InChI is InChI=1S/C14H20N2O3/c1-10(11-5-3-4-6-12(11)19-2)16-8-7-14(15,9-16)13(17)18/h3-6,10H,7-9,15H2,1-2H3,(H,17,18). The number of ether oxygens (including phenoxy) is 1. The van der Waals surface area contributed by atoms with E-state index >= 15 is 0 Å². The van der Waals surface area contributed by atoms with Crippen molar-refractivity contribution in [3.63, 3.8) is 0 Å². The van der Waals surface area contributed by atoms with Gasteiger partial charge in [-0.25, -0.2) is 0 Å². The Kier molecular flexibility index (Phi) is 3.78. The van der Waals surface area contributed by atoms with E-state index in [1.165, 1.54) is 0 Å². The Bertz CT molecular complexity index is 478. The number of rotatable bonds is 4. The molecule has 104 valence electrons. The summed E-state index contributed by atoms with van der Waals surface area (Å²) in [7, 11) is 1.64. The zero-order valence-corrected chi connectivity index (χ0v) is 11.3. The third-order valence-corrected chi connectivity index (χ3v) is 3.89. The molecule has 1 aromatic carbocycles. The van der Waals surface area contributed by atoms with Crippen molar-refractivity contribution >= 4 is 5.97 Å². The van der Waals surface area contributed by atoms with Gasteiger partial charge in [-0.1, -0.05) is 18.2 Å². The summed E-state index contributed by atoms with van der Waals surface area (Å²) in [5.74, 6) is -0.109. The molecule has 2 rings (SSSR count). The lowest BCUT2D eigenvalue weighted by molar-refractivity contribution is -0.142. The fourth-order valence-corrected chi connectivity index (χ4v) is 2.58. The highest BCUT2D eigenvalue weighted by Gasteiger charge is 2.42. The van der Waals surface area contributed by atoms with Gasteiger partial charge in [0, 0.05) is 24.7 Å². The summed E-state index contributed by atoms with van der Waals surface area (Å²) in [5.41, 5.74) is 5.83. The summed E-state index contributed by atoms with van der Waals surface area (Å²) in [6.45, 7) is 3.09. The number of nitrogens with zero attached hydrogens (tertiary/aromatic N) is 1. The number of benzene rings is 1. The molecule has 1 aliphatic heterocycles. The minimum Gasteiger partial charge on any atom is -0.496 e. The van der Waals surface area contributed by atoms with Gasteiger partial charge in [0.05, 0.1) is 7.11 Å². The predicted octanol–water partition coefficient (Wildman–Crippen LogP) is 1.24. The number of para-hydroxylation sites is 1. The number of hydrogen-bond donors (Lipinski definition) is 2. The maximum Gasteiger partial charge on any atom is 0.325 e. The molecule has 2 atom stereocenters. The fraction of sp³-hybridized carbons (Fsp3) is 0.500. The number of carboxylic acid groups (broad SMARTS) is 1. The van der Waals surface area contributed by atoms with Crippen LogP contribution >= 0.6 is 0 Å². The average molecular weight is 264 g/mol. The van der Waals surface area contributed by atoms with E-state index in [1.807, 2.05) is 31.2 Å². The molecule has 0 bridgehead atoms. The Labute approximate surface area is 113 Å². The van der Waals surface area contributed by atoms with Crippen LogP contribution < -0.4 is 10.5 Å². The monoisotopic (exact) mass is 264 g/mol. The van der Waals surface area contributed by atoms with Crippen LogP contribution in [0.5, 0.6) is 5.75 Å². The number of methoxy groups -OCH3 is 1. The third-order valence-electron chi connectivity index (χ3n) is 3.89. The Morgan fingerprint density at radius 3 is 2.79 bits per heavy atom. The van der Waals surface area contributed by atoms with Gasteiger partial charge in [-0.2, -0.15) is 0 Å². The van der Waals surface area contributed by atoms with Crippen LogP contribution in [0.15, 0.2) is 24.3 Å². The van der Waals surface area contributed by atoms with E-state index in [0.717, 1.165) is 11.3 Å². The van der Waals surface area contributed by atoms with Crippen LogP contribution in [0.1, 0.15) is 24.9 Å². The molecule has 2 unspecified atom stereocenters. The van der Waals surface area contributed by atoms with E-state index in [9.17, 15) is 4.79 Å². The summed E-state index contributed by atoms with van der Waals surface area (Å²) in [6.07, 6.45) is 0.474. The largest absolute Gasteiger partial charge is 0.496 e. The van der Waals surface area contributed by atoms with Crippen LogP contribution in [0.25, 0.3) is 0 Å².